The van der Waals surface area contributed by atoms with Crippen LogP contribution in [0.2, 0.25) is 0 Å². The van der Waals surface area contributed by atoms with Crippen molar-refractivity contribution in [2.24, 2.45) is 0 Å². The van der Waals surface area contributed by atoms with Gasteiger partial charge in [0.2, 0.25) is 0 Å². The predicted molar refractivity (Wildman–Crippen MR) is 106 cm³/mol. The summed E-state index contributed by atoms with van der Waals surface area (Å²) in [6.07, 6.45) is 2.52. The molecule has 0 unspecified atom stereocenters. The van der Waals surface area contributed by atoms with Crippen LogP contribution in [0, 0.1) is 0 Å². The lowest BCUT2D eigenvalue weighted by atomic mass is 10.0. The van der Waals surface area contributed by atoms with Crippen LogP contribution in [0.15, 0.2) is 48.5 Å². The molecule has 0 aromatic heterocycles. The Morgan fingerprint density at radius 3 is 2.69 bits per heavy atom. The Balaban J connectivity index is 1.62. The number of carbonyl (C=O) groups excluding carboxylic acids is 1. The number of rotatable bonds is 6. The molecule has 3 rings (SSSR count). The maximum Gasteiger partial charge on any atom is 0.319 e. The average Bonchev–Trinajstić information content (AvgIpc) is 3.14. The van der Waals surface area contributed by atoms with E-state index in [9.17, 15) is 4.79 Å². The van der Waals surface area contributed by atoms with Crippen molar-refractivity contribution in [1.82, 2.24) is 10.2 Å². The molecule has 1 saturated heterocycles. The van der Waals surface area contributed by atoms with E-state index in [0.717, 1.165) is 42.2 Å². The summed E-state index contributed by atoms with van der Waals surface area (Å²) in [5, 5.41) is 5.96. The molecular weight excluding hydrogens is 326 g/mol. The summed E-state index contributed by atoms with van der Waals surface area (Å²) in [7, 11) is 1.66. The molecule has 0 spiro atoms. The van der Waals surface area contributed by atoms with Crippen LogP contribution in [0.5, 0.6) is 5.75 Å². The minimum absolute atomic E-state index is 0.116. The minimum Gasteiger partial charge on any atom is -0.496 e. The third-order valence-corrected chi connectivity index (χ3v) is 4.65. The number of amides is 2. The monoisotopic (exact) mass is 353 g/mol. The summed E-state index contributed by atoms with van der Waals surface area (Å²) in [5.41, 5.74) is 2.77. The van der Waals surface area contributed by atoms with Gasteiger partial charge in [-0.25, -0.2) is 4.79 Å². The Kier molecular flexibility index (Phi) is 6.12. The first-order chi connectivity index (χ1) is 12.7. The number of hydrogen-bond acceptors (Lipinski definition) is 3. The van der Waals surface area contributed by atoms with Gasteiger partial charge in [0.15, 0.2) is 0 Å². The number of nitrogens with one attached hydrogen (secondary N) is 2. The molecule has 2 amide bonds. The molecule has 1 atom stereocenters. The third kappa shape index (κ3) is 4.76. The molecule has 2 aromatic rings. The van der Waals surface area contributed by atoms with E-state index in [2.05, 4.69) is 15.5 Å². The van der Waals surface area contributed by atoms with Gasteiger partial charge in [-0.15, -0.1) is 0 Å². The fourth-order valence-electron chi connectivity index (χ4n) is 3.44. The smallest absolute Gasteiger partial charge is 0.319 e. The number of likely N-dealkylation sites (tertiary alicyclic amines) is 1. The number of hydrogen-bond donors (Lipinski definition) is 2. The van der Waals surface area contributed by atoms with Crippen molar-refractivity contribution in [2.45, 2.75) is 25.8 Å². The van der Waals surface area contributed by atoms with Crippen molar-refractivity contribution >= 4 is 11.7 Å². The van der Waals surface area contributed by atoms with E-state index in [1.54, 1.807) is 7.11 Å². The largest absolute Gasteiger partial charge is 0.496 e. The van der Waals surface area contributed by atoms with Crippen LogP contribution in [-0.4, -0.2) is 43.7 Å². The van der Waals surface area contributed by atoms with Gasteiger partial charge in [0.25, 0.3) is 0 Å². The molecule has 26 heavy (non-hydrogen) atoms. The lowest BCUT2D eigenvalue weighted by Gasteiger charge is -2.21. The minimum atomic E-state index is -0.172. The first-order valence-electron chi connectivity index (χ1n) is 9.19. The Bertz CT molecular complexity index is 742. The van der Waals surface area contributed by atoms with Gasteiger partial charge >= 0.3 is 6.03 Å². The van der Waals surface area contributed by atoms with Crippen LogP contribution in [0.25, 0.3) is 11.1 Å². The molecule has 5 heteroatoms. The first kappa shape index (κ1) is 18.3. The third-order valence-electron chi connectivity index (χ3n) is 4.65. The topological polar surface area (TPSA) is 53.6 Å². The van der Waals surface area contributed by atoms with Crippen LogP contribution >= 0.6 is 0 Å². The Hall–Kier alpha value is -2.53. The summed E-state index contributed by atoms with van der Waals surface area (Å²) >= 11 is 0. The average molecular weight is 353 g/mol. The van der Waals surface area contributed by atoms with Gasteiger partial charge in [-0.2, -0.15) is 0 Å². The van der Waals surface area contributed by atoms with E-state index in [1.807, 2.05) is 55.5 Å². The molecule has 1 aliphatic rings. The molecule has 5 nitrogen and oxygen atoms in total. The lowest BCUT2D eigenvalue weighted by Crippen LogP contribution is -2.42. The normalized spacial score (nSPS) is 15.5. The van der Waals surface area contributed by atoms with E-state index in [4.69, 9.17) is 4.74 Å². The van der Waals surface area contributed by atoms with Crippen molar-refractivity contribution in [3.8, 4) is 16.9 Å². The maximum atomic E-state index is 12.3. The SMILES string of the molecule is COc1ccccc1-c1cccc(NC(=O)N[C@@H](C)CN2CCCC2)c1. The van der Waals surface area contributed by atoms with Crippen molar-refractivity contribution < 1.29 is 9.53 Å². The number of benzene rings is 2. The van der Waals surface area contributed by atoms with E-state index in [-0.39, 0.29) is 12.1 Å². The van der Waals surface area contributed by atoms with Crippen LogP contribution < -0.4 is 15.4 Å². The van der Waals surface area contributed by atoms with E-state index in [1.165, 1.54) is 12.8 Å². The number of anilines is 1. The quantitative estimate of drug-likeness (QED) is 0.826. The number of urea groups is 1. The molecule has 1 fully saturated rings. The highest BCUT2D eigenvalue weighted by molar-refractivity contribution is 5.90. The summed E-state index contributed by atoms with van der Waals surface area (Å²) in [4.78, 5) is 14.7. The molecule has 0 saturated carbocycles. The van der Waals surface area contributed by atoms with E-state index < -0.39 is 0 Å². The summed E-state index contributed by atoms with van der Waals surface area (Å²) in [6.45, 7) is 5.21. The van der Waals surface area contributed by atoms with Crippen LogP contribution in [0.3, 0.4) is 0 Å². The van der Waals surface area contributed by atoms with Gasteiger partial charge in [0.05, 0.1) is 7.11 Å². The lowest BCUT2D eigenvalue weighted by molar-refractivity contribution is 0.242. The van der Waals surface area contributed by atoms with Gasteiger partial charge in [0, 0.05) is 23.8 Å². The van der Waals surface area contributed by atoms with E-state index in [0.29, 0.717) is 0 Å². The molecular formula is C21H27N3O2. The highest BCUT2D eigenvalue weighted by Crippen LogP contribution is 2.30. The van der Waals surface area contributed by atoms with Crippen molar-refractivity contribution in [1.29, 1.82) is 0 Å². The van der Waals surface area contributed by atoms with Crippen LogP contribution in [-0.2, 0) is 0 Å². The van der Waals surface area contributed by atoms with Gasteiger partial charge in [-0.3, -0.25) is 0 Å². The zero-order chi connectivity index (χ0) is 18.4. The first-order valence-corrected chi connectivity index (χ1v) is 9.19. The van der Waals surface area contributed by atoms with Gasteiger partial charge in [-0.05, 0) is 56.6 Å². The number of nitrogens with zero attached hydrogens (tertiary/aromatic N) is 1. The molecule has 1 aliphatic heterocycles. The molecule has 138 valence electrons. The predicted octanol–water partition coefficient (Wildman–Crippen LogP) is 3.97. The van der Waals surface area contributed by atoms with Crippen LogP contribution in [0.1, 0.15) is 19.8 Å². The van der Waals surface area contributed by atoms with E-state index >= 15 is 0 Å². The molecule has 2 aromatic carbocycles. The summed E-state index contributed by atoms with van der Waals surface area (Å²) in [6, 6.07) is 15.6. The van der Waals surface area contributed by atoms with Crippen molar-refractivity contribution in [3.05, 3.63) is 48.5 Å². The van der Waals surface area contributed by atoms with Gasteiger partial charge in [0.1, 0.15) is 5.75 Å². The number of para-hydroxylation sites is 1. The molecule has 2 N–H and O–H groups in total. The standard InChI is InChI=1S/C21H27N3O2/c1-16(15-24-12-5-6-13-24)22-21(25)23-18-9-7-8-17(14-18)19-10-3-4-11-20(19)26-2/h3-4,7-11,14,16H,5-6,12-13,15H2,1-2H3,(H2,22,23,25)/t16-/m0/s1. The fourth-order valence-corrected chi connectivity index (χ4v) is 3.44. The molecule has 0 bridgehead atoms. The van der Waals surface area contributed by atoms with Crippen LogP contribution in [0.4, 0.5) is 10.5 Å². The molecule has 1 heterocycles. The van der Waals surface area contributed by atoms with Crippen molar-refractivity contribution in [3.63, 3.8) is 0 Å². The number of ether oxygens (including phenoxy) is 1. The molecule has 0 aliphatic carbocycles. The highest BCUT2D eigenvalue weighted by Gasteiger charge is 2.16. The van der Waals surface area contributed by atoms with Gasteiger partial charge < -0.3 is 20.3 Å². The zero-order valence-electron chi connectivity index (χ0n) is 15.5. The second-order valence-electron chi connectivity index (χ2n) is 6.79. The fraction of sp³-hybridized carbons (Fsp3) is 0.381. The van der Waals surface area contributed by atoms with Crippen molar-refractivity contribution in [2.75, 3.05) is 32.1 Å². The molecule has 0 radical (unpaired) electrons. The summed E-state index contributed by atoms with van der Waals surface area (Å²) < 4.78 is 5.43. The second-order valence-corrected chi connectivity index (χ2v) is 6.79. The summed E-state index contributed by atoms with van der Waals surface area (Å²) in [5.74, 6) is 0.813. The Morgan fingerprint density at radius 1 is 1.15 bits per heavy atom. The number of methoxy groups -OCH3 is 1. The second kappa shape index (κ2) is 8.72. The Morgan fingerprint density at radius 2 is 1.92 bits per heavy atom. The van der Waals surface area contributed by atoms with Gasteiger partial charge in [-0.1, -0.05) is 30.3 Å². The highest BCUT2D eigenvalue weighted by atomic mass is 16.5. The Labute approximate surface area is 155 Å². The maximum absolute atomic E-state index is 12.3. The zero-order valence-corrected chi connectivity index (χ0v) is 15.5. The number of carbonyl (C=O) groups is 1.